The summed E-state index contributed by atoms with van der Waals surface area (Å²) < 4.78 is 5.16. The molecule has 0 aliphatic carbocycles. The van der Waals surface area contributed by atoms with E-state index in [2.05, 4.69) is 29.2 Å². The lowest BCUT2D eigenvalue weighted by Gasteiger charge is -2.11. The van der Waals surface area contributed by atoms with Crippen LogP contribution in [0.2, 0.25) is 0 Å². The van der Waals surface area contributed by atoms with Gasteiger partial charge in [-0.15, -0.1) is 0 Å². The third-order valence-electron chi connectivity index (χ3n) is 2.11. The van der Waals surface area contributed by atoms with Gasteiger partial charge in [-0.25, -0.2) is 0 Å². The van der Waals surface area contributed by atoms with Gasteiger partial charge in [0.1, 0.15) is 0 Å². The maximum absolute atomic E-state index is 5.16. The Morgan fingerprint density at radius 1 is 1.31 bits per heavy atom. The largest absolute Gasteiger partial charge is 0.484 e. The first-order chi connectivity index (χ1) is 7.63. The van der Waals surface area contributed by atoms with Crippen LogP contribution in [0.15, 0.2) is 30.3 Å². The van der Waals surface area contributed by atoms with E-state index < -0.39 is 0 Å². The van der Waals surface area contributed by atoms with Crippen LogP contribution in [0, 0.1) is 0 Å². The van der Waals surface area contributed by atoms with E-state index in [0.717, 1.165) is 5.56 Å². The molecular weight excluding hydrogens is 218 g/mol. The van der Waals surface area contributed by atoms with E-state index in [9.17, 15) is 0 Å². The smallest absolute Gasteiger partial charge is 0.183 e. The SMILES string of the molecule is CCOC(=S)/C=C/c1ccc(N(C)C)cc1. The minimum Gasteiger partial charge on any atom is -0.484 e. The fraction of sp³-hybridized carbons (Fsp3) is 0.308. The maximum atomic E-state index is 5.16. The van der Waals surface area contributed by atoms with Gasteiger partial charge in [-0.05, 0) is 42.9 Å². The van der Waals surface area contributed by atoms with Crippen LogP contribution in [0.5, 0.6) is 0 Å². The molecule has 1 rings (SSSR count). The molecule has 0 saturated heterocycles. The van der Waals surface area contributed by atoms with Crippen LogP contribution in [0.25, 0.3) is 6.08 Å². The van der Waals surface area contributed by atoms with E-state index in [4.69, 9.17) is 17.0 Å². The van der Waals surface area contributed by atoms with Gasteiger partial charge < -0.3 is 9.64 Å². The Morgan fingerprint density at radius 3 is 2.44 bits per heavy atom. The topological polar surface area (TPSA) is 12.5 Å². The van der Waals surface area contributed by atoms with E-state index in [0.29, 0.717) is 11.7 Å². The normalized spacial score (nSPS) is 10.4. The van der Waals surface area contributed by atoms with E-state index in [-0.39, 0.29) is 0 Å². The Morgan fingerprint density at radius 2 is 1.94 bits per heavy atom. The summed E-state index contributed by atoms with van der Waals surface area (Å²) in [6, 6.07) is 8.26. The second kappa shape index (κ2) is 6.28. The number of nitrogens with zero attached hydrogens (tertiary/aromatic N) is 1. The standard InChI is InChI=1S/C13H17NOS/c1-4-15-13(16)10-7-11-5-8-12(9-6-11)14(2)3/h5-10H,4H2,1-3H3/b10-7+. The second-order valence-corrected chi connectivity index (χ2v) is 3.97. The van der Waals surface area contributed by atoms with Crippen LogP contribution >= 0.6 is 12.2 Å². The van der Waals surface area contributed by atoms with Gasteiger partial charge in [0, 0.05) is 19.8 Å². The number of hydrogen-bond acceptors (Lipinski definition) is 3. The molecule has 0 bridgehead atoms. The molecule has 1 aromatic carbocycles. The molecule has 0 aliphatic rings. The predicted octanol–water partition coefficient (Wildman–Crippen LogP) is 3.13. The Labute approximate surface area is 103 Å². The molecule has 1 aromatic rings. The van der Waals surface area contributed by atoms with Crippen molar-refractivity contribution in [1.82, 2.24) is 0 Å². The molecule has 0 amide bonds. The summed E-state index contributed by atoms with van der Waals surface area (Å²) in [5.41, 5.74) is 2.30. The zero-order chi connectivity index (χ0) is 12.0. The quantitative estimate of drug-likeness (QED) is 0.587. The van der Waals surface area contributed by atoms with Crippen molar-refractivity contribution >= 4 is 29.0 Å². The molecule has 0 unspecified atom stereocenters. The van der Waals surface area contributed by atoms with E-state index in [1.165, 1.54) is 5.69 Å². The van der Waals surface area contributed by atoms with Crippen LogP contribution in [-0.4, -0.2) is 25.8 Å². The van der Waals surface area contributed by atoms with Gasteiger partial charge in [0.15, 0.2) is 5.05 Å². The number of hydrogen-bond donors (Lipinski definition) is 0. The first kappa shape index (κ1) is 12.7. The number of anilines is 1. The van der Waals surface area contributed by atoms with Crippen LogP contribution in [0.3, 0.4) is 0 Å². The third kappa shape index (κ3) is 4.03. The van der Waals surface area contributed by atoms with Crippen molar-refractivity contribution in [1.29, 1.82) is 0 Å². The minimum absolute atomic E-state index is 0.527. The maximum Gasteiger partial charge on any atom is 0.183 e. The average Bonchev–Trinajstić information content (AvgIpc) is 2.27. The molecule has 3 heteroatoms. The Balaban J connectivity index is 2.65. The van der Waals surface area contributed by atoms with Crippen molar-refractivity contribution in [2.45, 2.75) is 6.92 Å². The fourth-order valence-electron chi connectivity index (χ4n) is 1.24. The monoisotopic (exact) mass is 235 g/mol. The van der Waals surface area contributed by atoms with Crippen molar-refractivity contribution in [3.8, 4) is 0 Å². The lowest BCUT2D eigenvalue weighted by molar-refractivity contribution is 0.339. The summed E-state index contributed by atoms with van der Waals surface area (Å²) in [5, 5.41) is 0.527. The van der Waals surface area contributed by atoms with Crippen molar-refractivity contribution < 1.29 is 4.74 Å². The van der Waals surface area contributed by atoms with Gasteiger partial charge in [-0.2, -0.15) is 0 Å². The molecule has 0 radical (unpaired) electrons. The molecular formula is C13H17NOS. The second-order valence-electron chi connectivity index (χ2n) is 3.57. The summed E-state index contributed by atoms with van der Waals surface area (Å²) in [4.78, 5) is 2.07. The summed E-state index contributed by atoms with van der Waals surface area (Å²) in [7, 11) is 4.05. The molecule has 0 aliphatic heterocycles. The van der Waals surface area contributed by atoms with Gasteiger partial charge in [0.2, 0.25) is 0 Å². The van der Waals surface area contributed by atoms with Crippen molar-refractivity contribution in [2.24, 2.45) is 0 Å². The molecule has 86 valence electrons. The van der Waals surface area contributed by atoms with Crippen LogP contribution in [0.4, 0.5) is 5.69 Å². The molecule has 0 spiro atoms. The summed E-state index contributed by atoms with van der Waals surface area (Å²) in [5.74, 6) is 0. The highest BCUT2D eigenvalue weighted by Gasteiger charge is 1.94. The zero-order valence-corrected chi connectivity index (χ0v) is 10.8. The average molecular weight is 235 g/mol. The number of rotatable bonds is 4. The Kier molecular flexibility index (Phi) is 4.99. The predicted molar refractivity (Wildman–Crippen MR) is 74.0 cm³/mol. The van der Waals surface area contributed by atoms with E-state index in [1.54, 1.807) is 0 Å². The van der Waals surface area contributed by atoms with Crippen LogP contribution in [-0.2, 0) is 4.74 Å². The zero-order valence-electron chi connectivity index (χ0n) is 9.93. The molecule has 0 fully saturated rings. The van der Waals surface area contributed by atoms with Crippen LogP contribution in [0.1, 0.15) is 12.5 Å². The highest BCUT2D eigenvalue weighted by molar-refractivity contribution is 7.80. The molecule has 0 atom stereocenters. The fourth-order valence-corrected chi connectivity index (χ4v) is 1.42. The van der Waals surface area contributed by atoms with Crippen LogP contribution < -0.4 is 4.90 Å². The van der Waals surface area contributed by atoms with Crippen molar-refractivity contribution in [3.05, 3.63) is 35.9 Å². The van der Waals surface area contributed by atoms with Gasteiger partial charge in [-0.3, -0.25) is 0 Å². The first-order valence-electron chi connectivity index (χ1n) is 5.25. The Hall–Kier alpha value is -1.35. The lowest BCUT2D eigenvalue weighted by Crippen LogP contribution is -2.07. The Bertz CT molecular complexity index is 368. The highest BCUT2D eigenvalue weighted by Crippen LogP contribution is 2.13. The first-order valence-corrected chi connectivity index (χ1v) is 5.66. The van der Waals surface area contributed by atoms with Gasteiger partial charge in [0.25, 0.3) is 0 Å². The molecule has 16 heavy (non-hydrogen) atoms. The minimum atomic E-state index is 0.527. The lowest BCUT2D eigenvalue weighted by atomic mass is 10.2. The van der Waals surface area contributed by atoms with Gasteiger partial charge in [0.05, 0.1) is 6.61 Å². The number of benzene rings is 1. The summed E-state index contributed by atoms with van der Waals surface area (Å²) in [6.45, 7) is 2.54. The van der Waals surface area contributed by atoms with Gasteiger partial charge >= 0.3 is 0 Å². The molecule has 0 heterocycles. The number of ether oxygens (including phenoxy) is 1. The van der Waals surface area contributed by atoms with E-state index >= 15 is 0 Å². The van der Waals surface area contributed by atoms with Gasteiger partial charge in [-0.1, -0.05) is 18.2 Å². The molecule has 2 nitrogen and oxygen atoms in total. The summed E-state index contributed by atoms with van der Waals surface area (Å²) in [6.07, 6.45) is 3.76. The highest BCUT2D eigenvalue weighted by atomic mass is 32.1. The molecule has 0 saturated carbocycles. The van der Waals surface area contributed by atoms with Crippen molar-refractivity contribution in [2.75, 3.05) is 25.6 Å². The molecule has 0 aromatic heterocycles. The molecule has 0 N–H and O–H groups in total. The summed E-state index contributed by atoms with van der Waals surface area (Å²) >= 11 is 5.00. The van der Waals surface area contributed by atoms with Crippen molar-refractivity contribution in [3.63, 3.8) is 0 Å². The number of thiocarbonyl (C=S) groups is 1. The third-order valence-corrected chi connectivity index (χ3v) is 2.36. The van der Waals surface area contributed by atoms with E-state index in [1.807, 2.05) is 33.2 Å².